The first-order valence-corrected chi connectivity index (χ1v) is 10.1. The highest BCUT2D eigenvalue weighted by Crippen LogP contribution is 2.20. The van der Waals surface area contributed by atoms with Crippen molar-refractivity contribution in [2.75, 3.05) is 19.6 Å². The van der Waals surface area contributed by atoms with Gasteiger partial charge in [0.2, 0.25) is 5.91 Å². The van der Waals surface area contributed by atoms with Crippen LogP contribution in [0.5, 0.6) is 0 Å². The SMILES string of the molecule is O=C(CCCC1CNNN1)N[C@H]1CCN(C(=O)OCc2cc(Cl)cc(Cl)c2)C1. The van der Waals surface area contributed by atoms with Crippen molar-refractivity contribution in [3.05, 3.63) is 33.8 Å². The molecule has 28 heavy (non-hydrogen) atoms. The molecule has 1 unspecified atom stereocenters. The second-order valence-electron chi connectivity index (χ2n) is 7.07. The number of nitrogens with zero attached hydrogens (tertiary/aromatic N) is 1. The highest BCUT2D eigenvalue weighted by atomic mass is 35.5. The van der Waals surface area contributed by atoms with E-state index in [1.165, 1.54) is 0 Å². The standard InChI is InChI=1S/C18H25Cl2N5O3/c19-13-6-12(7-14(20)8-13)11-28-18(27)25-5-4-16(10-25)22-17(26)3-1-2-15-9-21-24-23-15/h6-8,15-16,21,23-24H,1-5,9-11H2,(H,22,26)/t15?,16-/m0/s1. The number of amides is 2. The molecule has 0 aliphatic carbocycles. The van der Waals surface area contributed by atoms with Gasteiger partial charge in [-0.3, -0.25) is 4.79 Å². The minimum Gasteiger partial charge on any atom is -0.445 e. The number of nitrogens with one attached hydrogen (secondary N) is 4. The molecule has 0 saturated carbocycles. The first-order chi connectivity index (χ1) is 13.5. The number of hydrogen-bond donors (Lipinski definition) is 4. The summed E-state index contributed by atoms with van der Waals surface area (Å²) in [5, 5.41) is 4.00. The summed E-state index contributed by atoms with van der Waals surface area (Å²) in [6.07, 6.45) is 2.54. The molecular formula is C18H25Cl2N5O3. The van der Waals surface area contributed by atoms with Crippen molar-refractivity contribution in [3.63, 3.8) is 0 Å². The molecule has 2 atom stereocenters. The average Bonchev–Trinajstić information content (AvgIpc) is 3.31. The van der Waals surface area contributed by atoms with E-state index in [0.717, 1.165) is 31.4 Å². The predicted molar refractivity (Wildman–Crippen MR) is 107 cm³/mol. The molecule has 154 valence electrons. The van der Waals surface area contributed by atoms with Crippen LogP contribution < -0.4 is 21.7 Å². The summed E-state index contributed by atoms with van der Waals surface area (Å²) in [4.78, 5) is 26.0. The van der Waals surface area contributed by atoms with Crippen molar-refractivity contribution in [2.45, 2.75) is 44.4 Å². The number of benzene rings is 1. The minimum absolute atomic E-state index is 0.0210. The van der Waals surface area contributed by atoms with E-state index in [1.54, 1.807) is 23.1 Å². The van der Waals surface area contributed by atoms with Gasteiger partial charge in [-0.05, 0) is 43.0 Å². The zero-order chi connectivity index (χ0) is 19.9. The van der Waals surface area contributed by atoms with E-state index in [0.29, 0.717) is 35.6 Å². The molecule has 2 saturated heterocycles. The van der Waals surface area contributed by atoms with Gasteiger partial charge in [0.25, 0.3) is 0 Å². The Balaban J connectivity index is 1.34. The van der Waals surface area contributed by atoms with Gasteiger partial charge in [-0.15, -0.1) is 0 Å². The summed E-state index contributed by atoms with van der Waals surface area (Å²) in [5.41, 5.74) is 9.65. The van der Waals surface area contributed by atoms with E-state index in [4.69, 9.17) is 27.9 Å². The smallest absolute Gasteiger partial charge is 0.410 e. The second-order valence-corrected chi connectivity index (χ2v) is 7.94. The largest absolute Gasteiger partial charge is 0.445 e. The van der Waals surface area contributed by atoms with Crippen LogP contribution in [0, 0.1) is 0 Å². The van der Waals surface area contributed by atoms with Crippen molar-refractivity contribution in [3.8, 4) is 0 Å². The van der Waals surface area contributed by atoms with Gasteiger partial charge in [0.05, 0.1) is 0 Å². The molecule has 2 amide bonds. The van der Waals surface area contributed by atoms with E-state index in [-0.39, 0.29) is 18.6 Å². The molecular weight excluding hydrogens is 405 g/mol. The molecule has 0 radical (unpaired) electrons. The molecule has 2 fully saturated rings. The second kappa shape index (κ2) is 10.3. The third-order valence-electron chi connectivity index (χ3n) is 4.77. The monoisotopic (exact) mass is 429 g/mol. The number of carbonyl (C=O) groups is 2. The van der Waals surface area contributed by atoms with Gasteiger partial charge in [-0.2, -0.15) is 5.53 Å². The molecule has 2 aliphatic rings. The first-order valence-electron chi connectivity index (χ1n) is 9.39. The van der Waals surface area contributed by atoms with Crippen LogP contribution in [-0.2, 0) is 16.1 Å². The highest BCUT2D eigenvalue weighted by molar-refractivity contribution is 6.34. The Hall–Kier alpha value is -1.58. The number of hydrogen-bond acceptors (Lipinski definition) is 6. The van der Waals surface area contributed by atoms with E-state index in [1.807, 2.05) is 0 Å². The number of carbonyl (C=O) groups excluding carboxylic acids is 2. The summed E-state index contributed by atoms with van der Waals surface area (Å²) >= 11 is 11.9. The lowest BCUT2D eigenvalue weighted by atomic mass is 10.1. The maximum absolute atomic E-state index is 12.2. The number of halogens is 2. The first kappa shape index (κ1) is 21.1. The normalized spacial score (nSPS) is 21.7. The summed E-state index contributed by atoms with van der Waals surface area (Å²) < 4.78 is 5.34. The van der Waals surface area contributed by atoms with Crippen molar-refractivity contribution < 1.29 is 14.3 Å². The molecule has 1 aromatic carbocycles. The van der Waals surface area contributed by atoms with E-state index in [9.17, 15) is 9.59 Å². The van der Waals surface area contributed by atoms with Crippen LogP contribution in [-0.4, -0.2) is 48.6 Å². The fourth-order valence-electron chi connectivity index (χ4n) is 3.34. The van der Waals surface area contributed by atoms with E-state index >= 15 is 0 Å². The molecule has 0 spiro atoms. The maximum Gasteiger partial charge on any atom is 0.410 e. The maximum atomic E-state index is 12.2. The van der Waals surface area contributed by atoms with Crippen LogP contribution in [0.15, 0.2) is 18.2 Å². The third-order valence-corrected chi connectivity index (χ3v) is 5.20. The molecule has 3 rings (SSSR count). The molecule has 0 bridgehead atoms. The molecule has 8 nitrogen and oxygen atoms in total. The van der Waals surface area contributed by atoms with Gasteiger partial charge in [0, 0.05) is 48.2 Å². The lowest BCUT2D eigenvalue weighted by molar-refractivity contribution is -0.121. The van der Waals surface area contributed by atoms with Crippen molar-refractivity contribution in [1.82, 2.24) is 26.6 Å². The van der Waals surface area contributed by atoms with Crippen molar-refractivity contribution >= 4 is 35.2 Å². The van der Waals surface area contributed by atoms with Gasteiger partial charge in [0.15, 0.2) is 0 Å². The Morgan fingerprint density at radius 1 is 1.25 bits per heavy atom. The van der Waals surface area contributed by atoms with Gasteiger partial charge < -0.3 is 15.0 Å². The van der Waals surface area contributed by atoms with Crippen LogP contribution in [0.3, 0.4) is 0 Å². The van der Waals surface area contributed by atoms with Crippen molar-refractivity contribution in [2.24, 2.45) is 0 Å². The Morgan fingerprint density at radius 2 is 2.04 bits per heavy atom. The number of rotatable bonds is 7. The lowest BCUT2D eigenvalue weighted by Crippen LogP contribution is -2.38. The van der Waals surface area contributed by atoms with Crippen LogP contribution in [0.4, 0.5) is 4.79 Å². The summed E-state index contributed by atoms with van der Waals surface area (Å²) in [6, 6.07) is 5.36. The van der Waals surface area contributed by atoms with Gasteiger partial charge >= 0.3 is 6.09 Å². The van der Waals surface area contributed by atoms with Crippen LogP contribution in [0.25, 0.3) is 0 Å². The Kier molecular flexibility index (Phi) is 7.75. The summed E-state index contributed by atoms with van der Waals surface area (Å²) in [5.74, 6) is 0.0210. The quantitative estimate of drug-likeness (QED) is 0.529. The van der Waals surface area contributed by atoms with Gasteiger partial charge in [-0.1, -0.05) is 23.2 Å². The van der Waals surface area contributed by atoms with Gasteiger partial charge in [-0.25, -0.2) is 15.6 Å². The van der Waals surface area contributed by atoms with Crippen LogP contribution in [0.1, 0.15) is 31.2 Å². The molecule has 10 heteroatoms. The topological polar surface area (TPSA) is 94.7 Å². The van der Waals surface area contributed by atoms with Crippen LogP contribution >= 0.6 is 23.2 Å². The minimum atomic E-state index is -0.403. The molecule has 0 aromatic heterocycles. The van der Waals surface area contributed by atoms with Crippen molar-refractivity contribution in [1.29, 1.82) is 0 Å². The molecule has 2 heterocycles. The summed E-state index contributed by atoms with van der Waals surface area (Å²) in [7, 11) is 0. The fraction of sp³-hybridized carbons (Fsp3) is 0.556. The highest BCUT2D eigenvalue weighted by Gasteiger charge is 2.28. The third kappa shape index (κ3) is 6.49. The predicted octanol–water partition coefficient (Wildman–Crippen LogP) is 1.97. The Morgan fingerprint density at radius 3 is 2.75 bits per heavy atom. The fourth-order valence-corrected chi connectivity index (χ4v) is 3.91. The Bertz CT molecular complexity index is 680. The zero-order valence-electron chi connectivity index (χ0n) is 15.5. The molecule has 2 aliphatic heterocycles. The van der Waals surface area contributed by atoms with Gasteiger partial charge in [0.1, 0.15) is 6.61 Å². The van der Waals surface area contributed by atoms with Crippen LogP contribution in [0.2, 0.25) is 10.0 Å². The number of likely N-dealkylation sites (tertiary alicyclic amines) is 1. The number of hydrazine groups is 2. The van der Waals surface area contributed by atoms with E-state index in [2.05, 4.69) is 21.7 Å². The molecule has 1 aromatic rings. The summed E-state index contributed by atoms with van der Waals surface area (Å²) in [6.45, 7) is 1.97. The lowest BCUT2D eigenvalue weighted by Gasteiger charge is -2.17. The zero-order valence-corrected chi connectivity index (χ0v) is 17.0. The average molecular weight is 430 g/mol. The molecule has 4 N–H and O–H groups in total. The Labute approximate surface area is 174 Å². The van der Waals surface area contributed by atoms with E-state index < -0.39 is 6.09 Å². The number of ether oxygens (including phenoxy) is 1.